The van der Waals surface area contributed by atoms with Gasteiger partial charge in [-0.3, -0.25) is 4.79 Å². The van der Waals surface area contributed by atoms with Gasteiger partial charge in [-0.15, -0.1) is 0 Å². The summed E-state index contributed by atoms with van der Waals surface area (Å²) in [4.78, 5) is 16.9. The van der Waals surface area contributed by atoms with Crippen molar-refractivity contribution in [3.05, 3.63) is 23.9 Å². The van der Waals surface area contributed by atoms with Crippen LogP contribution < -0.4 is 10.1 Å². The van der Waals surface area contributed by atoms with Crippen molar-refractivity contribution in [3.8, 4) is 5.88 Å². The Bertz CT molecular complexity index is 583. The van der Waals surface area contributed by atoms with E-state index in [-0.39, 0.29) is 17.9 Å². The van der Waals surface area contributed by atoms with Crippen LogP contribution in [0.1, 0.15) is 50.5 Å². The van der Waals surface area contributed by atoms with Gasteiger partial charge in [-0.1, -0.05) is 18.9 Å². The number of rotatable bonds is 4. The lowest BCUT2D eigenvalue weighted by atomic mass is 9.74. The lowest BCUT2D eigenvalue weighted by Crippen LogP contribution is -2.51. The van der Waals surface area contributed by atoms with Gasteiger partial charge in [0.05, 0.1) is 13.2 Å². The van der Waals surface area contributed by atoms with E-state index < -0.39 is 0 Å². The second-order valence-electron chi connectivity index (χ2n) is 7.73. The van der Waals surface area contributed by atoms with Crippen LogP contribution in [0, 0.1) is 11.8 Å². The number of carbonyl (C=O) groups excluding carboxylic acids is 1. The molecule has 1 amide bonds. The van der Waals surface area contributed by atoms with E-state index in [1.165, 1.54) is 19.3 Å². The Labute approximate surface area is 149 Å². The van der Waals surface area contributed by atoms with E-state index >= 15 is 0 Å². The van der Waals surface area contributed by atoms with Crippen molar-refractivity contribution in [1.82, 2.24) is 10.3 Å². The van der Waals surface area contributed by atoms with Crippen molar-refractivity contribution >= 4 is 5.91 Å². The number of fused-ring (bicyclic) bond motifs is 1. The first kappa shape index (κ1) is 16.8. The van der Waals surface area contributed by atoms with E-state index in [1.54, 1.807) is 0 Å². The summed E-state index contributed by atoms with van der Waals surface area (Å²) in [5.74, 6) is 1.66. The molecular formula is C20H28N2O3. The molecule has 2 saturated heterocycles. The summed E-state index contributed by atoms with van der Waals surface area (Å²) in [5.41, 5.74) is 1.12. The fourth-order valence-electron chi connectivity index (χ4n) is 4.48. The van der Waals surface area contributed by atoms with Crippen molar-refractivity contribution in [2.45, 2.75) is 63.5 Å². The lowest BCUT2D eigenvalue weighted by molar-refractivity contribution is -0.129. The van der Waals surface area contributed by atoms with Gasteiger partial charge in [-0.2, -0.15) is 0 Å². The molecule has 25 heavy (non-hydrogen) atoms. The van der Waals surface area contributed by atoms with E-state index in [0.717, 1.165) is 50.9 Å². The number of pyridine rings is 1. The highest BCUT2D eigenvalue weighted by atomic mass is 16.5. The summed E-state index contributed by atoms with van der Waals surface area (Å²) < 4.78 is 11.3. The van der Waals surface area contributed by atoms with Crippen LogP contribution in [0.5, 0.6) is 5.88 Å². The number of hydrogen-bond donors (Lipinski definition) is 1. The Balaban J connectivity index is 1.33. The zero-order valence-corrected chi connectivity index (χ0v) is 14.8. The molecule has 0 spiro atoms. The van der Waals surface area contributed by atoms with Crippen molar-refractivity contribution in [2.24, 2.45) is 11.8 Å². The van der Waals surface area contributed by atoms with Gasteiger partial charge in [-0.25, -0.2) is 4.98 Å². The van der Waals surface area contributed by atoms with Gasteiger partial charge in [0.1, 0.15) is 6.10 Å². The second-order valence-corrected chi connectivity index (χ2v) is 7.73. The smallest absolute Gasteiger partial charge is 0.223 e. The van der Waals surface area contributed by atoms with E-state index in [9.17, 15) is 4.79 Å². The van der Waals surface area contributed by atoms with Gasteiger partial charge in [0.25, 0.3) is 0 Å². The summed E-state index contributed by atoms with van der Waals surface area (Å²) >= 11 is 0. The Morgan fingerprint density at radius 1 is 1.16 bits per heavy atom. The first-order valence-electron chi connectivity index (χ1n) is 9.77. The van der Waals surface area contributed by atoms with Gasteiger partial charge in [0, 0.05) is 37.1 Å². The zero-order valence-electron chi connectivity index (χ0n) is 14.8. The highest BCUT2D eigenvalue weighted by Crippen LogP contribution is 2.34. The minimum Gasteiger partial charge on any atom is -0.474 e. The third kappa shape index (κ3) is 4.14. The van der Waals surface area contributed by atoms with Crippen molar-refractivity contribution < 1.29 is 14.3 Å². The number of amides is 1. The van der Waals surface area contributed by atoms with E-state index in [2.05, 4.69) is 16.4 Å². The number of hydrogen-bond acceptors (Lipinski definition) is 4. The van der Waals surface area contributed by atoms with Crippen molar-refractivity contribution in [2.75, 3.05) is 13.2 Å². The van der Waals surface area contributed by atoms with Gasteiger partial charge in [0.15, 0.2) is 0 Å². The highest BCUT2D eigenvalue weighted by molar-refractivity contribution is 5.80. The molecule has 0 radical (unpaired) electrons. The third-order valence-corrected chi connectivity index (χ3v) is 5.93. The number of aromatic nitrogens is 1. The predicted octanol–water partition coefficient (Wildman–Crippen LogP) is 2.88. The summed E-state index contributed by atoms with van der Waals surface area (Å²) in [6.45, 7) is 1.53. The molecule has 0 aromatic carbocycles. The molecule has 2 aliphatic heterocycles. The zero-order chi connectivity index (χ0) is 17.1. The van der Waals surface area contributed by atoms with Crippen molar-refractivity contribution in [3.63, 3.8) is 0 Å². The van der Waals surface area contributed by atoms with Crippen molar-refractivity contribution in [1.29, 1.82) is 0 Å². The molecule has 1 aliphatic carbocycles. The maximum Gasteiger partial charge on any atom is 0.223 e. The summed E-state index contributed by atoms with van der Waals surface area (Å²) in [6.07, 6.45) is 10.7. The Hall–Kier alpha value is -1.62. The van der Waals surface area contributed by atoms with E-state index in [0.29, 0.717) is 17.8 Å². The normalized spacial score (nSPS) is 30.4. The minimum absolute atomic E-state index is 0.0865. The average Bonchev–Trinajstić information content (AvgIpc) is 2.65. The Morgan fingerprint density at radius 2 is 2.00 bits per heavy atom. The van der Waals surface area contributed by atoms with E-state index in [1.807, 2.05) is 12.3 Å². The van der Waals surface area contributed by atoms with Crippen LogP contribution in [0.15, 0.2) is 18.3 Å². The molecule has 3 fully saturated rings. The molecule has 3 atom stereocenters. The molecule has 1 aromatic rings. The largest absolute Gasteiger partial charge is 0.474 e. The van der Waals surface area contributed by atoms with E-state index in [4.69, 9.17) is 9.47 Å². The fraction of sp³-hybridized carbons (Fsp3) is 0.700. The van der Waals surface area contributed by atoms with Gasteiger partial charge >= 0.3 is 0 Å². The molecular weight excluding hydrogens is 316 g/mol. The van der Waals surface area contributed by atoms with Crippen LogP contribution in [-0.2, 0) is 16.0 Å². The quantitative estimate of drug-likeness (QED) is 0.912. The van der Waals surface area contributed by atoms with Gasteiger partial charge in [0.2, 0.25) is 11.8 Å². The standard InChI is InChI=1S/C20H28N2O3/c23-20-16(12-15-3-1-2-4-18(15)22-20)11-14-5-6-19(21-13-14)25-17-7-9-24-10-8-17/h5-6,13,15-18H,1-4,7-12H2,(H,22,23). The third-order valence-electron chi connectivity index (χ3n) is 5.93. The number of nitrogens with zero attached hydrogens (tertiary/aromatic N) is 1. The number of ether oxygens (including phenoxy) is 2. The van der Waals surface area contributed by atoms with Crippen LogP contribution in [0.4, 0.5) is 0 Å². The maximum atomic E-state index is 12.4. The minimum atomic E-state index is 0.0865. The second kappa shape index (κ2) is 7.73. The van der Waals surface area contributed by atoms with Crippen LogP contribution in [0.2, 0.25) is 0 Å². The Kier molecular flexibility index (Phi) is 5.20. The molecule has 5 nitrogen and oxygen atoms in total. The predicted molar refractivity (Wildman–Crippen MR) is 94.4 cm³/mol. The SMILES string of the molecule is O=C1NC2CCCCC2CC1Cc1ccc(OC2CCOCC2)nc1. The average molecular weight is 344 g/mol. The molecule has 0 bridgehead atoms. The van der Waals surface area contributed by atoms with Crippen LogP contribution in [-0.4, -0.2) is 36.3 Å². The van der Waals surface area contributed by atoms with Crippen LogP contribution >= 0.6 is 0 Å². The Morgan fingerprint density at radius 3 is 2.80 bits per heavy atom. The monoisotopic (exact) mass is 344 g/mol. The first-order chi connectivity index (χ1) is 12.3. The van der Waals surface area contributed by atoms with Crippen LogP contribution in [0.25, 0.3) is 0 Å². The number of carbonyl (C=O) groups is 1. The number of piperidine rings is 1. The topological polar surface area (TPSA) is 60.5 Å². The summed E-state index contributed by atoms with van der Waals surface area (Å²) in [7, 11) is 0. The fourth-order valence-corrected chi connectivity index (χ4v) is 4.48. The lowest BCUT2D eigenvalue weighted by Gasteiger charge is -2.39. The molecule has 4 rings (SSSR count). The molecule has 1 saturated carbocycles. The first-order valence-corrected chi connectivity index (χ1v) is 9.77. The molecule has 3 heterocycles. The molecule has 136 valence electrons. The molecule has 1 N–H and O–H groups in total. The van der Waals surface area contributed by atoms with Gasteiger partial charge in [-0.05, 0) is 37.2 Å². The molecule has 5 heteroatoms. The highest BCUT2D eigenvalue weighted by Gasteiger charge is 2.36. The molecule has 3 aliphatic rings. The maximum absolute atomic E-state index is 12.4. The molecule has 3 unspecified atom stereocenters. The summed E-state index contributed by atoms with van der Waals surface area (Å²) in [6, 6.07) is 4.42. The number of nitrogens with one attached hydrogen (secondary N) is 1. The summed E-state index contributed by atoms with van der Waals surface area (Å²) in [5, 5.41) is 3.26. The van der Waals surface area contributed by atoms with Crippen LogP contribution in [0.3, 0.4) is 0 Å². The van der Waals surface area contributed by atoms with Gasteiger partial charge < -0.3 is 14.8 Å². The molecule has 1 aromatic heterocycles.